The van der Waals surface area contributed by atoms with Crippen molar-refractivity contribution in [3.05, 3.63) is 0 Å². The third-order valence-corrected chi connectivity index (χ3v) is 1.53. The summed E-state index contributed by atoms with van der Waals surface area (Å²) in [4.78, 5) is 22.4. The molecule has 0 aromatic carbocycles. The van der Waals surface area contributed by atoms with Gasteiger partial charge in [0, 0.05) is 19.2 Å². The van der Waals surface area contributed by atoms with Gasteiger partial charge in [0.15, 0.2) is 0 Å². The Morgan fingerprint density at radius 1 is 1.19 bits per heavy atom. The van der Waals surface area contributed by atoms with Crippen LogP contribution < -0.4 is 16.0 Å². The van der Waals surface area contributed by atoms with Crippen LogP contribution in [0.3, 0.4) is 0 Å². The normalized spacial score (nSPS) is 10.8. The van der Waals surface area contributed by atoms with Crippen LogP contribution in [0.25, 0.3) is 0 Å². The molecular formula is C10H21N3O3. The number of methoxy groups -OCH3 is 1. The van der Waals surface area contributed by atoms with Crippen molar-refractivity contribution in [3.63, 3.8) is 0 Å². The molecule has 0 rings (SSSR count). The van der Waals surface area contributed by atoms with Gasteiger partial charge in [0.25, 0.3) is 0 Å². The number of ether oxygens (including phenoxy) is 1. The summed E-state index contributed by atoms with van der Waals surface area (Å²) in [6.45, 7) is 6.46. The predicted molar refractivity (Wildman–Crippen MR) is 61.2 cm³/mol. The highest BCUT2D eigenvalue weighted by Gasteiger charge is 2.13. The lowest BCUT2D eigenvalue weighted by molar-refractivity contribution is -0.120. The molecule has 0 aromatic rings. The van der Waals surface area contributed by atoms with E-state index in [-0.39, 0.29) is 24.0 Å². The maximum absolute atomic E-state index is 11.3. The largest absolute Gasteiger partial charge is 0.383 e. The van der Waals surface area contributed by atoms with Crippen LogP contribution in [0.15, 0.2) is 0 Å². The molecule has 3 amide bonds. The van der Waals surface area contributed by atoms with Crippen LogP contribution in [0, 0.1) is 0 Å². The Bertz CT molecular complexity index is 236. The molecule has 0 spiro atoms. The smallest absolute Gasteiger partial charge is 0.315 e. The first-order valence-corrected chi connectivity index (χ1v) is 5.17. The molecule has 3 N–H and O–H groups in total. The lowest BCUT2D eigenvalue weighted by Gasteiger charge is -2.20. The van der Waals surface area contributed by atoms with E-state index in [1.54, 1.807) is 7.11 Å². The number of hydrogen-bond acceptors (Lipinski definition) is 3. The molecule has 94 valence electrons. The molecule has 0 bridgehead atoms. The predicted octanol–water partition coefficient (Wildman–Crippen LogP) is -0.153. The highest BCUT2D eigenvalue weighted by Crippen LogP contribution is 1.96. The molecule has 0 saturated heterocycles. The molecular weight excluding hydrogens is 210 g/mol. The van der Waals surface area contributed by atoms with Gasteiger partial charge in [0.1, 0.15) is 0 Å². The fourth-order valence-corrected chi connectivity index (χ4v) is 0.900. The van der Waals surface area contributed by atoms with E-state index < -0.39 is 0 Å². The minimum Gasteiger partial charge on any atom is -0.383 e. The minimum atomic E-state index is -0.352. The van der Waals surface area contributed by atoms with Gasteiger partial charge in [0.2, 0.25) is 5.91 Å². The number of rotatable bonds is 5. The Kier molecular flexibility index (Phi) is 6.48. The second-order valence-electron chi connectivity index (χ2n) is 4.40. The van der Waals surface area contributed by atoms with Gasteiger partial charge in [-0.05, 0) is 20.8 Å². The van der Waals surface area contributed by atoms with Crippen molar-refractivity contribution in [2.45, 2.75) is 26.3 Å². The fourth-order valence-electron chi connectivity index (χ4n) is 0.900. The Balaban J connectivity index is 3.63. The van der Waals surface area contributed by atoms with Gasteiger partial charge >= 0.3 is 6.03 Å². The van der Waals surface area contributed by atoms with Gasteiger partial charge in [-0.15, -0.1) is 0 Å². The van der Waals surface area contributed by atoms with Crippen molar-refractivity contribution in [1.82, 2.24) is 16.0 Å². The van der Waals surface area contributed by atoms with Crippen LogP contribution in [0.4, 0.5) is 4.79 Å². The van der Waals surface area contributed by atoms with Crippen molar-refractivity contribution in [1.29, 1.82) is 0 Å². The number of carbonyl (C=O) groups is 2. The van der Waals surface area contributed by atoms with Gasteiger partial charge < -0.3 is 20.7 Å². The van der Waals surface area contributed by atoms with E-state index in [0.29, 0.717) is 13.2 Å². The molecule has 0 radical (unpaired) electrons. The minimum absolute atomic E-state index is 0.0361. The summed E-state index contributed by atoms with van der Waals surface area (Å²) in [5.41, 5.74) is -0.309. The second-order valence-corrected chi connectivity index (χ2v) is 4.40. The number of nitrogens with one attached hydrogen (secondary N) is 3. The molecule has 0 aliphatic heterocycles. The van der Waals surface area contributed by atoms with E-state index in [1.165, 1.54) is 0 Å². The summed E-state index contributed by atoms with van der Waals surface area (Å²) >= 11 is 0. The average molecular weight is 231 g/mol. The fraction of sp³-hybridized carbons (Fsp3) is 0.800. The van der Waals surface area contributed by atoms with Crippen molar-refractivity contribution in [2.24, 2.45) is 0 Å². The van der Waals surface area contributed by atoms with E-state index in [4.69, 9.17) is 4.74 Å². The number of carbonyl (C=O) groups excluding carboxylic acids is 2. The van der Waals surface area contributed by atoms with Gasteiger partial charge in [0.05, 0.1) is 13.2 Å². The molecule has 0 aromatic heterocycles. The molecule has 0 atom stereocenters. The Labute approximate surface area is 96.1 Å². The summed E-state index contributed by atoms with van der Waals surface area (Å²) in [6, 6.07) is -0.352. The average Bonchev–Trinajstić information content (AvgIpc) is 2.12. The van der Waals surface area contributed by atoms with Crippen molar-refractivity contribution in [3.8, 4) is 0 Å². The maximum Gasteiger partial charge on any atom is 0.315 e. The Morgan fingerprint density at radius 3 is 2.31 bits per heavy atom. The first kappa shape index (κ1) is 14.7. The number of urea groups is 1. The van der Waals surface area contributed by atoms with Gasteiger partial charge in [-0.3, -0.25) is 4.79 Å². The molecule has 0 saturated carbocycles. The molecule has 0 heterocycles. The van der Waals surface area contributed by atoms with Crippen molar-refractivity contribution < 1.29 is 14.3 Å². The second kappa shape index (κ2) is 7.05. The van der Waals surface area contributed by atoms with Crippen LogP contribution in [0.2, 0.25) is 0 Å². The van der Waals surface area contributed by atoms with Gasteiger partial charge in [-0.25, -0.2) is 4.79 Å². The third-order valence-electron chi connectivity index (χ3n) is 1.53. The zero-order chi connectivity index (χ0) is 12.6. The van der Waals surface area contributed by atoms with E-state index in [9.17, 15) is 9.59 Å². The van der Waals surface area contributed by atoms with Crippen LogP contribution in [-0.4, -0.2) is 44.3 Å². The quantitative estimate of drug-likeness (QED) is 0.576. The summed E-state index contributed by atoms with van der Waals surface area (Å²) < 4.78 is 4.77. The monoisotopic (exact) mass is 231 g/mol. The van der Waals surface area contributed by atoms with Gasteiger partial charge in [-0.1, -0.05) is 0 Å². The number of amides is 3. The van der Waals surface area contributed by atoms with E-state index in [0.717, 1.165) is 0 Å². The summed E-state index contributed by atoms with van der Waals surface area (Å²) in [5.74, 6) is -0.235. The van der Waals surface area contributed by atoms with Crippen LogP contribution in [0.5, 0.6) is 0 Å². The highest BCUT2D eigenvalue weighted by molar-refractivity contribution is 5.84. The van der Waals surface area contributed by atoms with Crippen LogP contribution >= 0.6 is 0 Å². The third kappa shape index (κ3) is 9.26. The SMILES string of the molecule is COCCNC(=O)CNC(=O)NC(C)(C)C. The highest BCUT2D eigenvalue weighted by atomic mass is 16.5. The van der Waals surface area contributed by atoms with Crippen LogP contribution in [0.1, 0.15) is 20.8 Å². The first-order chi connectivity index (χ1) is 7.35. The van der Waals surface area contributed by atoms with Crippen LogP contribution in [-0.2, 0) is 9.53 Å². The molecule has 0 fully saturated rings. The zero-order valence-electron chi connectivity index (χ0n) is 10.3. The van der Waals surface area contributed by atoms with Crippen molar-refractivity contribution >= 4 is 11.9 Å². The van der Waals surface area contributed by atoms with E-state index in [2.05, 4.69) is 16.0 Å². The Hall–Kier alpha value is -1.30. The van der Waals surface area contributed by atoms with Gasteiger partial charge in [-0.2, -0.15) is 0 Å². The number of hydrogen-bond donors (Lipinski definition) is 3. The molecule has 6 heteroatoms. The molecule has 0 aliphatic rings. The maximum atomic E-state index is 11.3. The Morgan fingerprint density at radius 2 is 1.81 bits per heavy atom. The molecule has 0 unspecified atom stereocenters. The van der Waals surface area contributed by atoms with E-state index >= 15 is 0 Å². The molecule has 6 nitrogen and oxygen atoms in total. The van der Waals surface area contributed by atoms with Crippen molar-refractivity contribution in [2.75, 3.05) is 26.8 Å². The zero-order valence-corrected chi connectivity index (χ0v) is 10.3. The lowest BCUT2D eigenvalue weighted by atomic mass is 10.1. The molecule has 16 heavy (non-hydrogen) atoms. The topological polar surface area (TPSA) is 79.5 Å². The lowest BCUT2D eigenvalue weighted by Crippen LogP contribution is -2.49. The standard InChI is InChI=1S/C10H21N3O3/c1-10(2,3)13-9(15)12-7-8(14)11-5-6-16-4/h5-7H2,1-4H3,(H,11,14)(H2,12,13,15). The summed E-state index contributed by atoms with van der Waals surface area (Å²) in [7, 11) is 1.56. The summed E-state index contributed by atoms with van der Waals surface area (Å²) in [6.07, 6.45) is 0. The summed E-state index contributed by atoms with van der Waals surface area (Å²) in [5, 5.41) is 7.75. The first-order valence-electron chi connectivity index (χ1n) is 5.17. The van der Waals surface area contributed by atoms with E-state index in [1.807, 2.05) is 20.8 Å². The molecule has 0 aliphatic carbocycles.